The Kier molecular flexibility index (Phi) is 11.9. The Hall–Kier alpha value is -4.93. The van der Waals surface area contributed by atoms with Crippen LogP contribution in [0.4, 0.5) is 4.39 Å². The Morgan fingerprint density at radius 3 is 2.56 bits per heavy atom. The lowest BCUT2D eigenvalue weighted by Crippen LogP contribution is -2.54. The van der Waals surface area contributed by atoms with E-state index in [0.717, 1.165) is 25.0 Å². The summed E-state index contributed by atoms with van der Waals surface area (Å²) in [5.74, 6) is -2.59. The van der Waals surface area contributed by atoms with Crippen LogP contribution in [0.5, 0.6) is 5.88 Å². The molecule has 0 spiro atoms. The van der Waals surface area contributed by atoms with Crippen molar-refractivity contribution >= 4 is 44.7 Å². The fourth-order valence-electron chi connectivity index (χ4n) is 6.53. The second-order valence-electron chi connectivity index (χ2n) is 15.1. The van der Waals surface area contributed by atoms with Crippen LogP contribution in [0.3, 0.4) is 0 Å². The van der Waals surface area contributed by atoms with Crippen LogP contribution in [-0.4, -0.2) is 92.7 Å². The Morgan fingerprint density at radius 1 is 1.11 bits per heavy atom. The number of amides is 4. The molecule has 15 nitrogen and oxygen atoms in total. The first kappa shape index (κ1) is 39.8. The number of ether oxygens (including phenoxy) is 1. The molecule has 17 heteroatoms. The Labute approximate surface area is 319 Å². The van der Waals surface area contributed by atoms with Gasteiger partial charge in [0.25, 0.3) is 11.8 Å². The molecular weight excluding hydrogens is 732 g/mol. The quantitative estimate of drug-likeness (QED) is 0.135. The Morgan fingerprint density at radius 2 is 1.87 bits per heavy atom. The highest BCUT2D eigenvalue weighted by Gasteiger charge is 2.51. The van der Waals surface area contributed by atoms with E-state index < -0.39 is 68.9 Å². The number of benzene rings is 1. The lowest BCUT2D eigenvalue weighted by atomic mass is 10.0. The average molecular weight is 781 g/mol. The number of carbonyl (C=O) groups excluding carboxylic acids is 4. The highest BCUT2D eigenvalue weighted by molar-refractivity contribution is 7.91. The monoisotopic (exact) mass is 780 g/mol. The molecule has 0 radical (unpaired) electrons. The molecule has 1 aliphatic heterocycles. The molecule has 3 fully saturated rings. The van der Waals surface area contributed by atoms with Gasteiger partial charge in [-0.25, -0.2) is 22.8 Å². The van der Waals surface area contributed by atoms with E-state index in [1.54, 1.807) is 37.7 Å². The molecule has 3 aliphatic rings. The summed E-state index contributed by atoms with van der Waals surface area (Å²) < 4.78 is 48.6. The molecule has 3 atom stereocenters. The van der Waals surface area contributed by atoms with Gasteiger partial charge in [0.1, 0.15) is 35.1 Å². The summed E-state index contributed by atoms with van der Waals surface area (Å²) in [6, 6.07) is 3.81. The van der Waals surface area contributed by atoms with E-state index >= 15 is 0 Å². The van der Waals surface area contributed by atoms with Crippen LogP contribution in [0, 0.1) is 25.6 Å². The van der Waals surface area contributed by atoms with Gasteiger partial charge in [0, 0.05) is 19.2 Å². The molecule has 1 saturated heterocycles. The third kappa shape index (κ3) is 9.66. The Balaban J connectivity index is 1.20. The number of nitrogens with zero attached hydrogens (tertiary/aromatic N) is 5. The second-order valence-corrected chi connectivity index (χ2v) is 17.3. The fraction of sp³-hybridized carbons (Fsp3) is 0.553. The molecule has 3 aromatic rings. The molecule has 3 heterocycles. The number of hydrogen-bond donors (Lipinski definition) is 3. The van der Waals surface area contributed by atoms with Crippen LogP contribution in [0.1, 0.15) is 93.0 Å². The lowest BCUT2D eigenvalue weighted by molar-refractivity contribution is -0.140. The largest absolute Gasteiger partial charge is 0.471 e. The first-order valence-corrected chi connectivity index (χ1v) is 20.3. The van der Waals surface area contributed by atoms with Gasteiger partial charge < -0.3 is 20.3 Å². The number of aromatic nitrogens is 4. The third-order valence-electron chi connectivity index (χ3n) is 10.5. The molecule has 1 aromatic carbocycles. The predicted molar refractivity (Wildman–Crippen MR) is 201 cm³/mol. The number of aryl methyl sites for hydroxylation is 3. The van der Waals surface area contributed by atoms with E-state index in [0.29, 0.717) is 36.4 Å². The SMILES string of the molecule is Cc1nc2cccc(F)c2nc1O[C@@H]1C[C@@H](C(=O)NCC(=O)NS(=O)(=O)C2(C)CC2)N(C(=O)[C@H](CCCCC/C=C\C2CC2)NC(=O)c2cc(C)n(C)n2)C1. The number of likely N-dealkylation sites (tertiary alicyclic amines) is 1. The van der Waals surface area contributed by atoms with Crippen LogP contribution in [-0.2, 0) is 31.5 Å². The summed E-state index contributed by atoms with van der Waals surface area (Å²) in [7, 11) is -2.23. The molecule has 2 saturated carbocycles. The number of nitrogens with one attached hydrogen (secondary N) is 3. The molecule has 55 heavy (non-hydrogen) atoms. The highest BCUT2D eigenvalue weighted by Crippen LogP contribution is 2.42. The van der Waals surface area contributed by atoms with Gasteiger partial charge >= 0.3 is 0 Å². The number of para-hydroxylation sites is 1. The molecular formula is C38H49FN8O7S. The summed E-state index contributed by atoms with van der Waals surface area (Å²) in [6.07, 6.45) is 10.4. The standard InChI is InChI=1S/C38H49FN8O7S/c1-23-19-30(44-46(23)4)34(49)42-29(13-9-7-5-6-8-11-25-15-16-25)37(51)47-22-26(54-36-24(2)41-28-14-10-12-27(39)33(28)43-36)20-31(47)35(50)40-21-32(48)45-55(52,53)38(3)17-18-38/h8,10-12,14,19,25-26,29,31H,5-7,9,13,15-18,20-22H2,1-4H3,(H,40,50)(H,42,49)(H,45,48)/b11-8-/t26-,29+,31+/m1/s1. The number of carbonyl (C=O) groups is 4. The van der Waals surface area contributed by atoms with Gasteiger partial charge in [0.05, 0.1) is 23.4 Å². The van der Waals surface area contributed by atoms with E-state index in [9.17, 15) is 32.0 Å². The van der Waals surface area contributed by atoms with Gasteiger partial charge in [-0.1, -0.05) is 31.1 Å². The summed E-state index contributed by atoms with van der Waals surface area (Å²) in [5, 5.41) is 9.59. The molecule has 0 bridgehead atoms. The van der Waals surface area contributed by atoms with Crippen LogP contribution in [0.15, 0.2) is 36.4 Å². The van der Waals surface area contributed by atoms with Crippen molar-refractivity contribution in [1.82, 2.24) is 40.0 Å². The molecule has 3 N–H and O–H groups in total. The normalized spacial score (nSPS) is 19.7. The minimum Gasteiger partial charge on any atom is -0.471 e. The molecule has 2 aliphatic carbocycles. The van der Waals surface area contributed by atoms with E-state index in [4.69, 9.17) is 4.74 Å². The number of fused-ring (bicyclic) bond motifs is 1. The van der Waals surface area contributed by atoms with Gasteiger partial charge in [-0.3, -0.25) is 28.6 Å². The van der Waals surface area contributed by atoms with E-state index in [2.05, 4.69) is 37.9 Å². The number of rotatable bonds is 17. The van der Waals surface area contributed by atoms with Gasteiger partial charge in [-0.15, -0.1) is 0 Å². The van der Waals surface area contributed by atoms with Crippen LogP contribution >= 0.6 is 0 Å². The van der Waals surface area contributed by atoms with Crippen molar-refractivity contribution in [2.75, 3.05) is 13.1 Å². The van der Waals surface area contributed by atoms with Gasteiger partial charge in [0.2, 0.25) is 27.7 Å². The first-order chi connectivity index (χ1) is 26.1. The van der Waals surface area contributed by atoms with E-state index in [1.807, 2.05) is 4.72 Å². The summed E-state index contributed by atoms with van der Waals surface area (Å²) in [4.78, 5) is 64.4. The van der Waals surface area contributed by atoms with Crippen molar-refractivity contribution < 1.29 is 36.7 Å². The molecule has 0 unspecified atom stereocenters. The van der Waals surface area contributed by atoms with Crippen LogP contribution < -0.4 is 20.1 Å². The maximum Gasteiger partial charge on any atom is 0.272 e. The molecule has 4 amide bonds. The van der Waals surface area contributed by atoms with Crippen LogP contribution in [0.25, 0.3) is 11.0 Å². The number of halogens is 1. The number of sulfonamides is 1. The fourth-order valence-corrected chi connectivity index (χ4v) is 7.78. The minimum atomic E-state index is -3.93. The van der Waals surface area contributed by atoms with Crippen molar-refractivity contribution in [2.24, 2.45) is 13.0 Å². The van der Waals surface area contributed by atoms with Crippen molar-refractivity contribution in [1.29, 1.82) is 0 Å². The van der Waals surface area contributed by atoms with E-state index in [-0.39, 0.29) is 36.5 Å². The smallest absolute Gasteiger partial charge is 0.272 e. The number of unbranched alkanes of at least 4 members (excludes halogenated alkanes) is 3. The zero-order chi connectivity index (χ0) is 39.5. The summed E-state index contributed by atoms with van der Waals surface area (Å²) in [6.45, 7) is 4.23. The third-order valence-corrected chi connectivity index (χ3v) is 12.7. The first-order valence-electron chi connectivity index (χ1n) is 18.8. The Bertz CT molecular complexity index is 2080. The van der Waals surface area contributed by atoms with Gasteiger partial charge in [0.15, 0.2) is 5.82 Å². The molecule has 6 rings (SSSR count). The number of hydrogen-bond acceptors (Lipinski definition) is 10. The average Bonchev–Trinajstić information content (AvgIpc) is 4.05. The predicted octanol–water partition coefficient (Wildman–Crippen LogP) is 3.30. The summed E-state index contributed by atoms with van der Waals surface area (Å²) >= 11 is 0. The maximum atomic E-state index is 14.7. The minimum absolute atomic E-state index is 0.0000848. The topological polar surface area (TPSA) is 195 Å². The number of allylic oxidation sites excluding steroid dienone is 2. The zero-order valence-corrected chi connectivity index (χ0v) is 32.5. The maximum absolute atomic E-state index is 14.7. The zero-order valence-electron chi connectivity index (χ0n) is 31.6. The van der Waals surface area contributed by atoms with Crippen molar-refractivity contribution in [3.05, 3.63) is 59.3 Å². The molecule has 2 aromatic heterocycles. The summed E-state index contributed by atoms with van der Waals surface area (Å²) in [5.41, 5.74) is 1.59. The van der Waals surface area contributed by atoms with Crippen molar-refractivity contribution in [3.63, 3.8) is 0 Å². The lowest BCUT2D eigenvalue weighted by Gasteiger charge is -2.28. The van der Waals surface area contributed by atoms with Crippen molar-refractivity contribution in [3.8, 4) is 5.88 Å². The van der Waals surface area contributed by atoms with Gasteiger partial charge in [-0.2, -0.15) is 5.10 Å². The van der Waals surface area contributed by atoms with Crippen LogP contribution in [0.2, 0.25) is 0 Å². The van der Waals surface area contributed by atoms with Gasteiger partial charge in [-0.05, 0) is 89.8 Å². The van der Waals surface area contributed by atoms with E-state index in [1.165, 1.54) is 36.8 Å². The highest BCUT2D eigenvalue weighted by atomic mass is 32.2. The molecule has 296 valence electrons. The van der Waals surface area contributed by atoms with Crippen molar-refractivity contribution in [2.45, 2.75) is 108 Å². The second kappa shape index (κ2) is 16.4.